The van der Waals surface area contributed by atoms with Gasteiger partial charge in [0.05, 0.1) is 37.3 Å². The Bertz CT molecular complexity index is 332. The Kier molecular flexibility index (Phi) is 3.13. The van der Waals surface area contributed by atoms with Crippen molar-refractivity contribution in [3.05, 3.63) is 18.1 Å². The molecule has 1 aliphatic rings. The molecule has 0 radical (unpaired) electrons. The van der Waals surface area contributed by atoms with E-state index in [1.54, 1.807) is 12.4 Å². The van der Waals surface area contributed by atoms with Gasteiger partial charge in [0.1, 0.15) is 5.82 Å². The largest absolute Gasteiger partial charge is 0.394 e. The molecule has 2 rings (SSSR count). The number of rotatable bonds is 3. The van der Waals surface area contributed by atoms with Crippen molar-refractivity contribution in [1.29, 1.82) is 0 Å². The van der Waals surface area contributed by atoms with E-state index in [2.05, 4.69) is 9.97 Å². The molecule has 0 aromatic carbocycles. The molecule has 1 aromatic rings. The molecule has 15 heavy (non-hydrogen) atoms. The lowest BCUT2D eigenvalue weighted by atomic mass is 10.2. The van der Waals surface area contributed by atoms with Crippen LogP contribution >= 0.6 is 0 Å². The zero-order valence-corrected chi connectivity index (χ0v) is 8.50. The Balaban J connectivity index is 2.20. The number of aliphatic hydroxyl groups excluding tert-OH is 2. The number of nitrogens with zero attached hydrogens (tertiary/aromatic N) is 3. The molecule has 0 saturated carbocycles. The molecule has 0 aliphatic carbocycles. The van der Waals surface area contributed by atoms with Crippen LogP contribution < -0.4 is 4.90 Å². The molecule has 0 bridgehead atoms. The maximum absolute atomic E-state index is 9.19. The highest BCUT2D eigenvalue weighted by Gasteiger charge is 2.25. The number of anilines is 1. The first-order chi connectivity index (χ1) is 7.35. The van der Waals surface area contributed by atoms with Crippen LogP contribution in [0.5, 0.6) is 0 Å². The molecule has 1 unspecified atom stereocenters. The molecule has 0 amide bonds. The smallest absolute Gasteiger partial charge is 0.147 e. The highest BCUT2D eigenvalue weighted by molar-refractivity contribution is 5.39. The first-order valence-electron chi connectivity index (χ1n) is 5.14. The predicted octanol–water partition coefficient (Wildman–Crippen LogP) is -0.0700. The van der Waals surface area contributed by atoms with Crippen molar-refractivity contribution in [1.82, 2.24) is 9.97 Å². The lowest BCUT2D eigenvalue weighted by Crippen LogP contribution is -2.32. The fourth-order valence-corrected chi connectivity index (χ4v) is 1.94. The quantitative estimate of drug-likeness (QED) is 0.729. The summed E-state index contributed by atoms with van der Waals surface area (Å²) in [6.07, 6.45) is 5.28. The summed E-state index contributed by atoms with van der Waals surface area (Å²) in [7, 11) is 0. The monoisotopic (exact) mass is 209 g/mol. The van der Waals surface area contributed by atoms with Crippen LogP contribution in [0.4, 0.5) is 5.82 Å². The molecule has 1 atom stereocenters. The van der Waals surface area contributed by atoms with E-state index in [4.69, 9.17) is 5.11 Å². The Morgan fingerprint density at radius 3 is 3.00 bits per heavy atom. The van der Waals surface area contributed by atoms with Crippen LogP contribution in [0.2, 0.25) is 0 Å². The standard InChI is InChI=1S/C10H15N3O2/c14-6-8-4-11-5-10(12-8)13-3-1-2-9(13)7-15/h4-5,9,14-15H,1-3,6-7H2. The Morgan fingerprint density at radius 2 is 2.27 bits per heavy atom. The summed E-state index contributed by atoms with van der Waals surface area (Å²) in [5, 5.41) is 18.1. The summed E-state index contributed by atoms with van der Waals surface area (Å²) >= 11 is 0. The van der Waals surface area contributed by atoms with Crippen LogP contribution in [0, 0.1) is 0 Å². The van der Waals surface area contributed by atoms with E-state index in [0.29, 0.717) is 5.69 Å². The van der Waals surface area contributed by atoms with Gasteiger partial charge in [-0.2, -0.15) is 0 Å². The fraction of sp³-hybridized carbons (Fsp3) is 0.600. The van der Waals surface area contributed by atoms with Gasteiger partial charge in [-0.25, -0.2) is 4.98 Å². The van der Waals surface area contributed by atoms with Gasteiger partial charge in [-0.05, 0) is 12.8 Å². The minimum atomic E-state index is -0.0987. The minimum absolute atomic E-state index is 0.0987. The molecule has 2 heterocycles. The molecule has 5 nitrogen and oxygen atoms in total. The van der Waals surface area contributed by atoms with Gasteiger partial charge in [-0.3, -0.25) is 4.98 Å². The van der Waals surface area contributed by atoms with Gasteiger partial charge in [0, 0.05) is 6.54 Å². The number of aromatic nitrogens is 2. The first-order valence-corrected chi connectivity index (χ1v) is 5.14. The average Bonchev–Trinajstić information content (AvgIpc) is 2.77. The second-order valence-corrected chi connectivity index (χ2v) is 3.70. The molecule has 1 aromatic heterocycles. The molecular formula is C10H15N3O2. The molecule has 1 saturated heterocycles. The Hall–Kier alpha value is -1.20. The highest BCUT2D eigenvalue weighted by Crippen LogP contribution is 2.22. The van der Waals surface area contributed by atoms with Gasteiger partial charge in [0.2, 0.25) is 0 Å². The Labute approximate surface area is 88.4 Å². The normalized spacial score (nSPS) is 20.9. The second kappa shape index (κ2) is 4.55. The molecule has 5 heteroatoms. The molecule has 0 spiro atoms. The second-order valence-electron chi connectivity index (χ2n) is 3.70. The molecule has 2 N–H and O–H groups in total. The third-order valence-electron chi connectivity index (χ3n) is 2.72. The van der Waals surface area contributed by atoms with Gasteiger partial charge in [-0.15, -0.1) is 0 Å². The van der Waals surface area contributed by atoms with Crippen LogP contribution in [0.25, 0.3) is 0 Å². The molecular weight excluding hydrogens is 194 g/mol. The summed E-state index contributed by atoms with van der Waals surface area (Å²) in [5.74, 6) is 0.748. The van der Waals surface area contributed by atoms with Crippen molar-refractivity contribution >= 4 is 5.82 Å². The third-order valence-corrected chi connectivity index (χ3v) is 2.72. The van der Waals surface area contributed by atoms with Gasteiger partial charge < -0.3 is 15.1 Å². The minimum Gasteiger partial charge on any atom is -0.394 e. The number of aliphatic hydroxyl groups is 2. The predicted molar refractivity (Wildman–Crippen MR) is 55.4 cm³/mol. The first kappa shape index (κ1) is 10.3. The maximum Gasteiger partial charge on any atom is 0.147 e. The van der Waals surface area contributed by atoms with Gasteiger partial charge in [0.15, 0.2) is 0 Å². The number of hydrogen-bond donors (Lipinski definition) is 2. The zero-order chi connectivity index (χ0) is 10.7. The molecule has 82 valence electrons. The Morgan fingerprint density at radius 1 is 1.40 bits per heavy atom. The lowest BCUT2D eigenvalue weighted by molar-refractivity contribution is 0.265. The summed E-state index contributed by atoms with van der Waals surface area (Å²) in [5.41, 5.74) is 0.566. The van der Waals surface area contributed by atoms with Crippen molar-refractivity contribution in [2.24, 2.45) is 0 Å². The lowest BCUT2D eigenvalue weighted by Gasteiger charge is -2.23. The summed E-state index contributed by atoms with van der Waals surface area (Å²) < 4.78 is 0. The van der Waals surface area contributed by atoms with Crippen molar-refractivity contribution in [2.75, 3.05) is 18.1 Å². The van der Waals surface area contributed by atoms with E-state index < -0.39 is 0 Å². The van der Waals surface area contributed by atoms with E-state index in [0.717, 1.165) is 25.2 Å². The highest BCUT2D eigenvalue weighted by atomic mass is 16.3. The van der Waals surface area contributed by atoms with E-state index in [9.17, 15) is 5.11 Å². The average molecular weight is 209 g/mol. The van der Waals surface area contributed by atoms with Crippen LogP contribution in [0.1, 0.15) is 18.5 Å². The fourth-order valence-electron chi connectivity index (χ4n) is 1.94. The van der Waals surface area contributed by atoms with E-state index in [-0.39, 0.29) is 19.3 Å². The summed E-state index contributed by atoms with van der Waals surface area (Å²) in [4.78, 5) is 10.3. The molecule has 1 aliphatic heterocycles. The van der Waals surface area contributed by atoms with Crippen molar-refractivity contribution < 1.29 is 10.2 Å². The van der Waals surface area contributed by atoms with E-state index >= 15 is 0 Å². The van der Waals surface area contributed by atoms with Gasteiger partial charge in [0.25, 0.3) is 0 Å². The van der Waals surface area contributed by atoms with E-state index in [1.807, 2.05) is 4.90 Å². The summed E-state index contributed by atoms with van der Waals surface area (Å²) in [6.45, 7) is 0.943. The third kappa shape index (κ3) is 2.08. The van der Waals surface area contributed by atoms with Crippen LogP contribution in [-0.4, -0.2) is 39.4 Å². The number of hydrogen-bond acceptors (Lipinski definition) is 5. The van der Waals surface area contributed by atoms with Crippen LogP contribution in [0.15, 0.2) is 12.4 Å². The topological polar surface area (TPSA) is 69.5 Å². The maximum atomic E-state index is 9.19. The summed E-state index contributed by atoms with van der Waals surface area (Å²) in [6, 6.07) is 0.147. The van der Waals surface area contributed by atoms with Crippen molar-refractivity contribution in [2.45, 2.75) is 25.5 Å². The van der Waals surface area contributed by atoms with Crippen molar-refractivity contribution in [3.8, 4) is 0 Å². The SMILES string of the molecule is OCc1cncc(N2CCCC2CO)n1. The van der Waals surface area contributed by atoms with Gasteiger partial charge >= 0.3 is 0 Å². The molecule has 1 fully saturated rings. The van der Waals surface area contributed by atoms with Crippen LogP contribution in [-0.2, 0) is 6.61 Å². The van der Waals surface area contributed by atoms with Gasteiger partial charge in [-0.1, -0.05) is 0 Å². The zero-order valence-electron chi connectivity index (χ0n) is 8.50. The van der Waals surface area contributed by atoms with E-state index in [1.165, 1.54) is 0 Å². The van der Waals surface area contributed by atoms with Crippen LogP contribution in [0.3, 0.4) is 0 Å². The van der Waals surface area contributed by atoms with Crippen molar-refractivity contribution in [3.63, 3.8) is 0 Å².